The van der Waals surface area contributed by atoms with Gasteiger partial charge in [0.25, 0.3) is 5.91 Å². The maximum atomic E-state index is 11.6. The maximum absolute atomic E-state index is 11.6. The van der Waals surface area contributed by atoms with Gasteiger partial charge in [0.2, 0.25) is 5.75 Å². The maximum Gasteiger partial charge on any atom is 0.314 e. The molecule has 1 heterocycles. The van der Waals surface area contributed by atoms with Crippen molar-refractivity contribution in [2.45, 2.75) is 19.4 Å². The number of nitrogens with zero attached hydrogens (tertiary/aromatic N) is 1. The highest BCUT2D eigenvalue weighted by Crippen LogP contribution is 2.42. The number of carbonyl (C=O) groups is 1. The topological polar surface area (TPSA) is 81.5 Å². The molecule has 0 aliphatic carbocycles. The first-order valence-corrected chi connectivity index (χ1v) is 5.17. The van der Waals surface area contributed by atoms with Gasteiger partial charge in [0.05, 0.1) is 10.6 Å². The Morgan fingerprint density at radius 3 is 2.71 bits per heavy atom. The number of amides is 1. The van der Waals surface area contributed by atoms with E-state index in [4.69, 9.17) is 16.3 Å². The predicted molar refractivity (Wildman–Crippen MR) is 61.4 cm³/mol. The third-order valence-corrected chi connectivity index (χ3v) is 2.60. The van der Waals surface area contributed by atoms with Crippen LogP contribution in [-0.4, -0.2) is 16.4 Å². The van der Waals surface area contributed by atoms with Crippen molar-refractivity contribution in [2.75, 3.05) is 5.32 Å². The summed E-state index contributed by atoms with van der Waals surface area (Å²) in [7, 11) is 0. The van der Waals surface area contributed by atoms with Crippen molar-refractivity contribution >= 4 is 28.9 Å². The van der Waals surface area contributed by atoms with Crippen LogP contribution < -0.4 is 10.1 Å². The number of halogens is 1. The van der Waals surface area contributed by atoms with E-state index in [0.717, 1.165) is 0 Å². The summed E-state index contributed by atoms with van der Waals surface area (Å²) in [6.07, 6.45) is 0. The molecule has 0 unspecified atom stereocenters. The highest BCUT2D eigenvalue weighted by molar-refractivity contribution is 6.31. The van der Waals surface area contributed by atoms with E-state index >= 15 is 0 Å². The Morgan fingerprint density at radius 1 is 1.47 bits per heavy atom. The number of benzene rings is 1. The van der Waals surface area contributed by atoms with Gasteiger partial charge >= 0.3 is 5.69 Å². The third kappa shape index (κ3) is 1.91. The summed E-state index contributed by atoms with van der Waals surface area (Å²) in [5, 5.41) is 13.6. The molecular weight excluding hydrogens is 248 g/mol. The molecule has 0 radical (unpaired) electrons. The van der Waals surface area contributed by atoms with E-state index in [1.807, 2.05) is 0 Å². The van der Waals surface area contributed by atoms with Gasteiger partial charge in [-0.25, -0.2) is 0 Å². The van der Waals surface area contributed by atoms with Crippen LogP contribution in [0.25, 0.3) is 0 Å². The van der Waals surface area contributed by atoms with Crippen LogP contribution in [0.15, 0.2) is 12.1 Å². The minimum Gasteiger partial charge on any atom is -0.469 e. The molecule has 0 atom stereocenters. The van der Waals surface area contributed by atoms with Gasteiger partial charge in [-0.3, -0.25) is 14.9 Å². The molecule has 1 aliphatic heterocycles. The zero-order chi connectivity index (χ0) is 12.8. The fraction of sp³-hybridized carbons (Fsp3) is 0.300. The zero-order valence-electron chi connectivity index (χ0n) is 9.11. The monoisotopic (exact) mass is 256 g/mol. The number of nitro groups is 1. The fourth-order valence-electron chi connectivity index (χ4n) is 1.49. The number of ether oxygens (including phenoxy) is 1. The smallest absolute Gasteiger partial charge is 0.314 e. The van der Waals surface area contributed by atoms with Gasteiger partial charge in [-0.2, -0.15) is 0 Å². The van der Waals surface area contributed by atoms with Crippen LogP contribution >= 0.6 is 11.6 Å². The van der Waals surface area contributed by atoms with Gasteiger partial charge in [-0.1, -0.05) is 11.6 Å². The van der Waals surface area contributed by atoms with E-state index in [1.165, 1.54) is 26.0 Å². The van der Waals surface area contributed by atoms with Crippen molar-refractivity contribution in [2.24, 2.45) is 0 Å². The molecule has 2 rings (SSSR count). The van der Waals surface area contributed by atoms with Crippen molar-refractivity contribution in [1.82, 2.24) is 0 Å². The Hall–Kier alpha value is -1.82. The molecule has 1 aliphatic rings. The first-order chi connectivity index (χ1) is 7.81. The van der Waals surface area contributed by atoms with Gasteiger partial charge in [0, 0.05) is 11.1 Å². The molecular formula is C10H9ClN2O4. The summed E-state index contributed by atoms with van der Waals surface area (Å²) in [4.78, 5) is 21.9. The second-order valence-corrected chi connectivity index (χ2v) is 4.56. The normalized spacial score (nSPS) is 16.8. The molecule has 90 valence electrons. The summed E-state index contributed by atoms with van der Waals surface area (Å²) in [5.74, 6) is -0.342. The standard InChI is InChI=1S/C10H9ClN2O4/c1-10(2)9(14)12-6-3-5(11)4-7(13(15)16)8(6)17-10/h3-4H,1-2H3,(H,12,14). The van der Waals surface area contributed by atoms with E-state index in [2.05, 4.69) is 5.32 Å². The second kappa shape index (κ2) is 3.59. The predicted octanol–water partition coefficient (Wildman–Crippen LogP) is 2.36. The van der Waals surface area contributed by atoms with Crippen LogP contribution in [0.3, 0.4) is 0 Å². The average Bonchev–Trinajstić information content (AvgIpc) is 2.19. The first kappa shape index (κ1) is 11.7. The highest BCUT2D eigenvalue weighted by Gasteiger charge is 2.39. The molecule has 0 fully saturated rings. The molecule has 1 N–H and O–H groups in total. The molecule has 7 heteroatoms. The number of fused-ring (bicyclic) bond motifs is 1. The lowest BCUT2D eigenvalue weighted by atomic mass is 10.1. The van der Waals surface area contributed by atoms with E-state index < -0.39 is 10.5 Å². The van der Waals surface area contributed by atoms with Crippen molar-refractivity contribution in [3.63, 3.8) is 0 Å². The lowest BCUT2D eigenvalue weighted by Gasteiger charge is -2.31. The highest BCUT2D eigenvalue weighted by atomic mass is 35.5. The van der Waals surface area contributed by atoms with Crippen LogP contribution in [0, 0.1) is 10.1 Å². The van der Waals surface area contributed by atoms with E-state index in [1.54, 1.807) is 0 Å². The van der Waals surface area contributed by atoms with Crippen molar-refractivity contribution in [3.05, 3.63) is 27.3 Å². The average molecular weight is 257 g/mol. The number of hydrogen-bond donors (Lipinski definition) is 1. The molecule has 0 saturated carbocycles. The van der Waals surface area contributed by atoms with E-state index in [-0.39, 0.29) is 28.1 Å². The molecule has 1 aromatic carbocycles. The number of carbonyl (C=O) groups excluding carboxylic acids is 1. The number of anilines is 1. The summed E-state index contributed by atoms with van der Waals surface area (Å²) < 4.78 is 5.37. The van der Waals surface area contributed by atoms with Crippen molar-refractivity contribution in [3.8, 4) is 5.75 Å². The Labute approximate surface area is 102 Å². The van der Waals surface area contributed by atoms with Gasteiger partial charge < -0.3 is 10.1 Å². The van der Waals surface area contributed by atoms with Crippen LogP contribution in [0.1, 0.15) is 13.8 Å². The van der Waals surface area contributed by atoms with Crippen LogP contribution in [0.5, 0.6) is 5.75 Å². The molecule has 0 aromatic heterocycles. The molecule has 17 heavy (non-hydrogen) atoms. The first-order valence-electron chi connectivity index (χ1n) is 4.79. The van der Waals surface area contributed by atoms with E-state index in [0.29, 0.717) is 0 Å². The number of rotatable bonds is 1. The Balaban J connectivity index is 2.62. The van der Waals surface area contributed by atoms with Gasteiger partial charge in [-0.05, 0) is 19.9 Å². The molecule has 6 nitrogen and oxygen atoms in total. The largest absolute Gasteiger partial charge is 0.469 e. The van der Waals surface area contributed by atoms with Crippen LogP contribution in [-0.2, 0) is 4.79 Å². The lowest BCUT2D eigenvalue weighted by molar-refractivity contribution is -0.386. The molecule has 1 amide bonds. The minimum atomic E-state index is -1.15. The Morgan fingerprint density at radius 2 is 2.12 bits per heavy atom. The summed E-state index contributed by atoms with van der Waals surface area (Å²) >= 11 is 5.73. The second-order valence-electron chi connectivity index (χ2n) is 4.13. The quantitative estimate of drug-likeness (QED) is 0.618. The SMILES string of the molecule is CC1(C)Oc2c(cc(Cl)cc2[N+](=O)[O-])NC1=O. The van der Waals surface area contributed by atoms with E-state index in [9.17, 15) is 14.9 Å². The summed E-state index contributed by atoms with van der Waals surface area (Å²) in [5.41, 5.74) is -1.19. The minimum absolute atomic E-state index is 0.0315. The van der Waals surface area contributed by atoms with Crippen LogP contribution in [0.2, 0.25) is 5.02 Å². The molecule has 0 saturated heterocycles. The fourth-order valence-corrected chi connectivity index (χ4v) is 1.70. The van der Waals surface area contributed by atoms with Crippen LogP contribution in [0.4, 0.5) is 11.4 Å². The summed E-state index contributed by atoms with van der Waals surface area (Å²) in [6.45, 7) is 3.06. The Kier molecular flexibility index (Phi) is 2.46. The number of nitro benzene ring substituents is 1. The lowest BCUT2D eigenvalue weighted by Crippen LogP contribution is -2.45. The van der Waals surface area contributed by atoms with Gasteiger partial charge in [-0.15, -0.1) is 0 Å². The molecule has 0 spiro atoms. The van der Waals surface area contributed by atoms with Gasteiger partial charge in [0.1, 0.15) is 0 Å². The van der Waals surface area contributed by atoms with Gasteiger partial charge in [0.15, 0.2) is 5.60 Å². The number of hydrogen-bond acceptors (Lipinski definition) is 4. The Bertz CT molecular complexity index is 527. The molecule has 1 aromatic rings. The third-order valence-electron chi connectivity index (χ3n) is 2.38. The van der Waals surface area contributed by atoms with Crippen molar-refractivity contribution in [1.29, 1.82) is 0 Å². The van der Waals surface area contributed by atoms with Crippen molar-refractivity contribution < 1.29 is 14.5 Å². The zero-order valence-corrected chi connectivity index (χ0v) is 9.87. The summed E-state index contributed by atoms with van der Waals surface area (Å²) in [6, 6.07) is 2.60. The molecule has 0 bridgehead atoms. The number of nitrogens with one attached hydrogen (secondary N) is 1.